The number of carboxylic acid groups (broad SMARTS) is 1. The summed E-state index contributed by atoms with van der Waals surface area (Å²) in [5.41, 5.74) is -1.48. The first-order chi connectivity index (χ1) is 7.75. The highest BCUT2D eigenvalue weighted by atomic mass is 19.4. The fourth-order valence-corrected chi connectivity index (χ4v) is 1.75. The van der Waals surface area contributed by atoms with Crippen LogP contribution in [0.1, 0.15) is 25.7 Å². The van der Waals surface area contributed by atoms with Crippen molar-refractivity contribution in [3.8, 4) is 0 Å². The zero-order chi connectivity index (χ0) is 13.1. The van der Waals surface area contributed by atoms with Gasteiger partial charge in [0.15, 0.2) is 6.61 Å². The molecule has 1 fully saturated rings. The molecule has 2 N–H and O–H groups in total. The molecule has 8 heteroatoms. The Morgan fingerprint density at radius 1 is 1.29 bits per heavy atom. The van der Waals surface area contributed by atoms with Crippen LogP contribution < -0.4 is 5.32 Å². The Kier molecular flexibility index (Phi) is 3.84. The van der Waals surface area contributed by atoms with E-state index in [1.165, 1.54) is 0 Å². The molecule has 1 amide bonds. The first-order valence-electron chi connectivity index (χ1n) is 5.00. The van der Waals surface area contributed by atoms with E-state index < -0.39 is 30.4 Å². The van der Waals surface area contributed by atoms with Crippen molar-refractivity contribution < 1.29 is 32.6 Å². The molecule has 0 aromatic heterocycles. The van der Waals surface area contributed by atoms with Gasteiger partial charge in [0.25, 0.3) is 0 Å². The van der Waals surface area contributed by atoms with E-state index in [9.17, 15) is 22.8 Å². The lowest BCUT2D eigenvalue weighted by molar-refractivity contribution is -0.161. The number of ether oxygens (including phenoxy) is 1. The quantitative estimate of drug-likeness (QED) is 0.804. The van der Waals surface area contributed by atoms with Crippen molar-refractivity contribution in [3.05, 3.63) is 0 Å². The molecule has 1 rings (SSSR count). The van der Waals surface area contributed by atoms with Crippen LogP contribution in [0.15, 0.2) is 0 Å². The van der Waals surface area contributed by atoms with Crippen molar-refractivity contribution in [2.24, 2.45) is 0 Å². The first-order valence-corrected chi connectivity index (χ1v) is 5.00. The molecule has 0 aromatic carbocycles. The van der Waals surface area contributed by atoms with Gasteiger partial charge >= 0.3 is 18.2 Å². The van der Waals surface area contributed by atoms with Gasteiger partial charge in [0.2, 0.25) is 0 Å². The number of halogens is 3. The van der Waals surface area contributed by atoms with Gasteiger partial charge < -0.3 is 15.2 Å². The Labute approximate surface area is 94.9 Å². The molecule has 98 valence electrons. The third kappa shape index (κ3) is 3.79. The topological polar surface area (TPSA) is 75.6 Å². The maximum Gasteiger partial charge on any atom is 0.422 e. The van der Waals surface area contributed by atoms with Crippen LogP contribution in [0.2, 0.25) is 0 Å². The van der Waals surface area contributed by atoms with E-state index in [0.717, 1.165) is 0 Å². The average Bonchev–Trinajstić information content (AvgIpc) is 2.63. The lowest BCUT2D eigenvalue weighted by Gasteiger charge is -2.24. The molecule has 0 radical (unpaired) electrons. The summed E-state index contributed by atoms with van der Waals surface area (Å²) in [4.78, 5) is 22.0. The highest BCUT2D eigenvalue weighted by molar-refractivity contribution is 5.84. The van der Waals surface area contributed by atoms with Crippen LogP contribution in [0.3, 0.4) is 0 Å². The predicted molar refractivity (Wildman–Crippen MR) is 49.4 cm³/mol. The molecule has 0 bridgehead atoms. The lowest BCUT2D eigenvalue weighted by Crippen LogP contribution is -2.53. The van der Waals surface area contributed by atoms with Crippen molar-refractivity contribution in [1.82, 2.24) is 5.32 Å². The molecule has 0 aromatic rings. The van der Waals surface area contributed by atoms with Gasteiger partial charge in [-0.05, 0) is 12.8 Å². The van der Waals surface area contributed by atoms with Gasteiger partial charge in [0, 0.05) is 0 Å². The summed E-state index contributed by atoms with van der Waals surface area (Å²) in [6, 6.07) is 0. The predicted octanol–water partition coefficient (Wildman–Crippen LogP) is 1.67. The van der Waals surface area contributed by atoms with Gasteiger partial charge in [-0.1, -0.05) is 12.8 Å². The molecule has 0 aliphatic heterocycles. The number of aliphatic carboxylic acids is 1. The second-order valence-corrected chi connectivity index (χ2v) is 3.91. The smallest absolute Gasteiger partial charge is 0.422 e. The van der Waals surface area contributed by atoms with Crippen molar-refractivity contribution in [3.63, 3.8) is 0 Å². The molecule has 0 saturated heterocycles. The summed E-state index contributed by atoms with van der Waals surface area (Å²) < 4.78 is 39.2. The molecule has 5 nitrogen and oxygen atoms in total. The van der Waals surface area contributed by atoms with Gasteiger partial charge in [0.1, 0.15) is 5.54 Å². The van der Waals surface area contributed by atoms with Crippen LogP contribution in [0.25, 0.3) is 0 Å². The van der Waals surface area contributed by atoms with Crippen LogP contribution in [-0.4, -0.2) is 35.5 Å². The van der Waals surface area contributed by atoms with Gasteiger partial charge in [-0.3, -0.25) is 0 Å². The monoisotopic (exact) mass is 255 g/mol. The zero-order valence-corrected chi connectivity index (χ0v) is 8.84. The van der Waals surface area contributed by atoms with Crippen molar-refractivity contribution >= 4 is 12.1 Å². The van der Waals surface area contributed by atoms with Crippen LogP contribution in [0.5, 0.6) is 0 Å². The number of rotatable bonds is 3. The van der Waals surface area contributed by atoms with Crippen LogP contribution in [-0.2, 0) is 9.53 Å². The summed E-state index contributed by atoms with van der Waals surface area (Å²) in [6.45, 7) is -1.73. The Bertz CT molecular complexity index is 310. The number of hydrogen-bond acceptors (Lipinski definition) is 3. The van der Waals surface area contributed by atoms with Crippen LogP contribution in [0, 0.1) is 0 Å². The summed E-state index contributed by atoms with van der Waals surface area (Å²) in [6.07, 6.45) is -4.37. The zero-order valence-electron chi connectivity index (χ0n) is 8.84. The Morgan fingerprint density at radius 2 is 1.82 bits per heavy atom. The number of alkyl halides is 3. The average molecular weight is 255 g/mol. The highest BCUT2D eigenvalue weighted by Gasteiger charge is 2.43. The summed E-state index contributed by atoms with van der Waals surface area (Å²) in [5, 5.41) is 11.0. The van der Waals surface area contributed by atoms with Crippen LogP contribution in [0.4, 0.5) is 18.0 Å². The van der Waals surface area contributed by atoms with Gasteiger partial charge in [-0.25, -0.2) is 9.59 Å². The van der Waals surface area contributed by atoms with E-state index in [1.807, 2.05) is 5.32 Å². The van der Waals surface area contributed by atoms with E-state index >= 15 is 0 Å². The van der Waals surface area contributed by atoms with E-state index in [4.69, 9.17) is 5.11 Å². The second-order valence-electron chi connectivity index (χ2n) is 3.91. The van der Waals surface area contributed by atoms with E-state index in [-0.39, 0.29) is 12.8 Å². The third-order valence-corrected chi connectivity index (χ3v) is 2.57. The number of hydrogen-bond donors (Lipinski definition) is 2. The maximum atomic E-state index is 11.8. The molecule has 0 atom stereocenters. The van der Waals surface area contributed by atoms with Gasteiger partial charge in [-0.15, -0.1) is 0 Å². The van der Waals surface area contributed by atoms with Crippen LogP contribution >= 0.6 is 0 Å². The molecular formula is C9H12F3NO4. The molecule has 0 heterocycles. The third-order valence-electron chi connectivity index (χ3n) is 2.57. The first kappa shape index (κ1) is 13.6. The minimum atomic E-state index is -4.62. The maximum absolute atomic E-state index is 11.8. The number of nitrogens with one attached hydrogen (secondary N) is 1. The fraction of sp³-hybridized carbons (Fsp3) is 0.778. The molecule has 1 aliphatic rings. The number of carbonyl (C=O) groups is 2. The summed E-state index contributed by atoms with van der Waals surface area (Å²) in [7, 11) is 0. The molecular weight excluding hydrogens is 243 g/mol. The summed E-state index contributed by atoms with van der Waals surface area (Å²) >= 11 is 0. The van der Waals surface area contributed by atoms with Gasteiger partial charge in [0.05, 0.1) is 0 Å². The van der Waals surface area contributed by atoms with E-state index in [2.05, 4.69) is 4.74 Å². The standard InChI is InChI=1S/C9H12F3NO4/c10-9(11,12)5-17-7(16)13-8(6(14)15)3-1-2-4-8/h1-5H2,(H,13,16)(H,14,15). The SMILES string of the molecule is O=C(NC1(C(=O)O)CCCC1)OCC(F)(F)F. The fourth-order valence-electron chi connectivity index (χ4n) is 1.75. The number of carbonyl (C=O) groups excluding carboxylic acids is 1. The van der Waals surface area contributed by atoms with Gasteiger partial charge in [-0.2, -0.15) is 13.2 Å². The number of carboxylic acids is 1. The second kappa shape index (κ2) is 4.80. The minimum absolute atomic E-state index is 0.198. The molecule has 1 saturated carbocycles. The highest BCUT2D eigenvalue weighted by Crippen LogP contribution is 2.30. The number of alkyl carbamates (subject to hydrolysis) is 1. The Morgan fingerprint density at radius 3 is 2.24 bits per heavy atom. The van der Waals surface area contributed by atoms with Crippen molar-refractivity contribution in [1.29, 1.82) is 0 Å². The van der Waals surface area contributed by atoms with E-state index in [0.29, 0.717) is 12.8 Å². The molecule has 0 spiro atoms. The van der Waals surface area contributed by atoms with Crippen molar-refractivity contribution in [2.75, 3.05) is 6.61 Å². The molecule has 0 unspecified atom stereocenters. The number of amides is 1. The Hall–Kier alpha value is -1.47. The lowest BCUT2D eigenvalue weighted by atomic mass is 9.98. The molecule has 1 aliphatic carbocycles. The minimum Gasteiger partial charge on any atom is -0.480 e. The van der Waals surface area contributed by atoms with E-state index in [1.54, 1.807) is 0 Å². The normalized spacial score (nSPS) is 18.8. The Balaban J connectivity index is 2.51. The largest absolute Gasteiger partial charge is 0.480 e. The molecule has 17 heavy (non-hydrogen) atoms. The van der Waals surface area contributed by atoms with Crippen molar-refractivity contribution in [2.45, 2.75) is 37.4 Å². The summed E-state index contributed by atoms with van der Waals surface area (Å²) in [5.74, 6) is -1.25.